The van der Waals surface area contributed by atoms with Crippen LogP contribution in [0.3, 0.4) is 0 Å². The average Bonchev–Trinajstić information content (AvgIpc) is 2.49. The highest BCUT2D eigenvalue weighted by Gasteiger charge is 2.22. The van der Waals surface area contributed by atoms with Crippen LogP contribution in [0.25, 0.3) is 0 Å². The lowest BCUT2D eigenvalue weighted by molar-refractivity contribution is 0.748. The van der Waals surface area contributed by atoms with Gasteiger partial charge in [0.2, 0.25) is 5.95 Å². The standard InChI is InChI=1S/C14H15N3S/c1-2-5-12(6-3-1)13-11-17(9-10-18-13)14-15-7-4-8-16-14/h1-8,13H,9-11H2. The van der Waals surface area contributed by atoms with E-state index in [4.69, 9.17) is 0 Å². The van der Waals surface area contributed by atoms with E-state index in [1.165, 1.54) is 5.56 Å². The minimum Gasteiger partial charge on any atom is -0.339 e. The molecule has 2 aromatic rings. The summed E-state index contributed by atoms with van der Waals surface area (Å²) in [6, 6.07) is 12.5. The monoisotopic (exact) mass is 257 g/mol. The minimum absolute atomic E-state index is 0.517. The highest BCUT2D eigenvalue weighted by atomic mass is 32.2. The molecule has 4 heteroatoms. The molecule has 1 aromatic carbocycles. The summed E-state index contributed by atoms with van der Waals surface area (Å²) in [6.07, 6.45) is 3.61. The van der Waals surface area contributed by atoms with E-state index in [9.17, 15) is 0 Å². The van der Waals surface area contributed by atoms with E-state index in [1.807, 2.05) is 30.2 Å². The van der Waals surface area contributed by atoms with Gasteiger partial charge < -0.3 is 4.90 Å². The molecule has 0 N–H and O–H groups in total. The van der Waals surface area contributed by atoms with Crippen LogP contribution >= 0.6 is 11.8 Å². The first-order valence-electron chi connectivity index (χ1n) is 6.12. The third kappa shape index (κ3) is 2.48. The molecule has 1 aliphatic rings. The van der Waals surface area contributed by atoms with Crippen molar-refractivity contribution in [3.05, 3.63) is 54.4 Å². The molecule has 1 aromatic heterocycles. The largest absolute Gasteiger partial charge is 0.339 e. The van der Waals surface area contributed by atoms with Gasteiger partial charge in [0, 0.05) is 36.5 Å². The van der Waals surface area contributed by atoms with Crippen LogP contribution in [0.15, 0.2) is 48.8 Å². The molecule has 92 valence electrons. The summed E-state index contributed by atoms with van der Waals surface area (Å²) >= 11 is 2.02. The maximum absolute atomic E-state index is 4.34. The molecule has 3 nitrogen and oxygen atoms in total. The molecule has 1 fully saturated rings. The molecule has 1 unspecified atom stereocenters. The first-order valence-corrected chi connectivity index (χ1v) is 7.17. The molecule has 18 heavy (non-hydrogen) atoms. The van der Waals surface area contributed by atoms with Gasteiger partial charge in [-0.25, -0.2) is 9.97 Å². The van der Waals surface area contributed by atoms with E-state index in [0.717, 1.165) is 24.8 Å². The van der Waals surface area contributed by atoms with Crippen LogP contribution in [0, 0.1) is 0 Å². The summed E-state index contributed by atoms with van der Waals surface area (Å²) in [5.41, 5.74) is 1.39. The second-order valence-corrected chi connectivity index (χ2v) is 5.58. The van der Waals surface area contributed by atoms with Gasteiger partial charge in [0.05, 0.1) is 0 Å². The molecule has 0 bridgehead atoms. The van der Waals surface area contributed by atoms with Crippen LogP contribution in [0.4, 0.5) is 5.95 Å². The van der Waals surface area contributed by atoms with Crippen LogP contribution in [-0.4, -0.2) is 28.8 Å². The van der Waals surface area contributed by atoms with Crippen LogP contribution in [0.2, 0.25) is 0 Å². The molecular weight excluding hydrogens is 242 g/mol. The Kier molecular flexibility index (Phi) is 3.46. The van der Waals surface area contributed by atoms with Crippen molar-refractivity contribution in [1.82, 2.24) is 9.97 Å². The Hall–Kier alpha value is -1.55. The summed E-state index contributed by atoms with van der Waals surface area (Å²) in [6.45, 7) is 2.01. The Labute approximate surface area is 111 Å². The number of benzene rings is 1. The summed E-state index contributed by atoms with van der Waals surface area (Å²) < 4.78 is 0. The summed E-state index contributed by atoms with van der Waals surface area (Å²) in [4.78, 5) is 10.9. The quantitative estimate of drug-likeness (QED) is 0.827. The van der Waals surface area contributed by atoms with Crippen molar-refractivity contribution in [2.75, 3.05) is 23.7 Å². The van der Waals surface area contributed by atoms with Gasteiger partial charge in [-0.05, 0) is 11.6 Å². The lowest BCUT2D eigenvalue weighted by Crippen LogP contribution is -2.35. The number of nitrogens with zero attached hydrogens (tertiary/aromatic N) is 3. The zero-order chi connectivity index (χ0) is 12.2. The predicted molar refractivity (Wildman–Crippen MR) is 75.9 cm³/mol. The van der Waals surface area contributed by atoms with Crippen molar-refractivity contribution in [3.63, 3.8) is 0 Å². The van der Waals surface area contributed by atoms with Crippen molar-refractivity contribution >= 4 is 17.7 Å². The zero-order valence-corrected chi connectivity index (χ0v) is 10.9. The molecule has 1 aliphatic heterocycles. The Balaban J connectivity index is 1.77. The van der Waals surface area contributed by atoms with Crippen molar-refractivity contribution in [2.45, 2.75) is 5.25 Å². The Bertz CT molecular complexity index is 443. The fraction of sp³-hybridized carbons (Fsp3) is 0.286. The molecule has 0 radical (unpaired) electrons. The number of hydrogen-bond acceptors (Lipinski definition) is 4. The van der Waals surface area contributed by atoms with Gasteiger partial charge >= 0.3 is 0 Å². The minimum atomic E-state index is 0.517. The lowest BCUT2D eigenvalue weighted by Gasteiger charge is -2.32. The van der Waals surface area contributed by atoms with Gasteiger partial charge in [-0.2, -0.15) is 11.8 Å². The van der Waals surface area contributed by atoms with Crippen molar-refractivity contribution < 1.29 is 0 Å². The van der Waals surface area contributed by atoms with Gasteiger partial charge in [-0.3, -0.25) is 0 Å². The van der Waals surface area contributed by atoms with E-state index >= 15 is 0 Å². The SMILES string of the molecule is c1ccc(C2CN(c3ncccn3)CCS2)cc1. The molecule has 3 rings (SSSR count). The highest BCUT2D eigenvalue weighted by Crippen LogP contribution is 2.33. The van der Waals surface area contributed by atoms with E-state index in [0.29, 0.717) is 5.25 Å². The number of hydrogen-bond donors (Lipinski definition) is 0. The first kappa shape index (κ1) is 11.5. The molecule has 0 amide bonds. The highest BCUT2D eigenvalue weighted by molar-refractivity contribution is 7.99. The van der Waals surface area contributed by atoms with Gasteiger partial charge in [0.25, 0.3) is 0 Å². The third-order valence-electron chi connectivity index (χ3n) is 3.07. The van der Waals surface area contributed by atoms with E-state index < -0.39 is 0 Å². The first-order chi connectivity index (χ1) is 8.93. The van der Waals surface area contributed by atoms with Crippen LogP contribution in [-0.2, 0) is 0 Å². The molecule has 0 spiro atoms. The fourth-order valence-corrected chi connectivity index (χ4v) is 3.40. The summed E-state index contributed by atoms with van der Waals surface area (Å²) in [5.74, 6) is 1.97. The Morgan fingerprint density at radius 3 is 2.61 bits per heavy atom. The lowest BCUT2D eigenvalue weighted by atomic mass is 10.1. The topological polar surface area (TPSA) is 29.0 Å². The molecule has 0 aliphatic carbocycles. The third-order valence-corrected chi connectivity index (χ3v) is 4.31. The second-order valence-electron chi connectivity index (χ2n) is 4.26. The molecule has 0 saturated carbocycles. The Morgan fingerprint density at radius 1 is 1.06 bits per heavy atom. The number of thioether (sulfide) groups is 1. The van der Waals surface area contributed by atoms with Gasteiger partial charge in [-0.1, -0.05) is 30.3 Å². The normalized spacial score (nSPS) is 19.8. The van der Waals surface area contributed by atoms with E-state index in [2.05, 4.69) is 45.2 Å². The average molecular weight is 257 g/mol. The number of rotatable bonds is 2. The van der Waals surface area contributed by atoms with Crippen molar-refractivity contribution in [3.8, 4) is 0 Å². The van der Waals surface area contributed by atoms with E-state index in [1.54, 1.807) is 0 Å². The Morgan fingerprint density at radius 2 is 1.83 bits per heavy atom. The van der Waals surface area contributed by atoms with Gasteiger partial charge in [0.1, 0.15) is 0 Å². The van der Waals surface area contributed by atoms with Crippen LogP contribution in [0.5, 0.6) is 0 Å². The number of anilines is 1. The summed E-state index contributed by atoms with van der Waals surface area (Å²) in [5, 5.41) is 0.517. The molecule has 2 heterocycles. The fourth-order valence-electron chi connectivity index (χ4n) is 2.15. The van der Waals surface area contributed by atoms with Crippen LogP contribution < -0.4 is 4.90 Å². The van der Waals surface area contributed by atoms with E-state index in [-0.39, 0.29) is 0 Å². The smallest absolute Gasteiger partial charge is 0.225 e. The summed E-state index contributed by atoms with van der Waals surface area (Å²) in [7, 11) is 0. The maximum Gasteiger partial charge on any atom is 0.225 e. The van der Waals surface area contributed by atoms with Crippen LogP contribution in [0.1, 0.15) is 10.8 Å². The van der Waals surface area contributed by atoms with Gasteiger partial charge in [-0.15, -0.1) is 0 Å². The van der Waals surface area contributed by atoms with Crippen molar-refractivity contribution in [2.24, 2.45) is 0 Å². The zero-order valence-electron chi connectivity index (χ0n) is 10.1. The predicted octanol–water partition coefficient (Wildman–Crippen LogP) is 2.77. The number of aromatic nitrogens is 2. The molecule has 1 atom stereocenters. The maximum atomic E-state index is 4.34. The molecular formula is C14H15N3S. The van der Waals surface area contributed by atoms with Crippen molar-refractivity contribution in [1.29, 1.82) is 0 Å². The van der Waals surface area contributed by atoms with Gasteiger partial charge in [0.15, 0.2) is 0 Å². The second kappa shape index (κ2) is 5.40. The molecule has 1 saturated heterocycles.